The Balaban J connectivity index is 1.17. The van der Waals surface area contributed by atoms with Crippen molar-refractivity contribution >= 4 is 34.8 Å². The standard InChI is InChI=1S/C36H37F4N3O4S2/c1-4-45-34(44)35(2,3)49-27-10-12-31(28(37)20-27)47-22-32-29(41-33(48-32)23-5-7-25(8-6-23)36(38,39)40)21-42-14-16-43(17-15-42)26-9-11-30-24(19-26)13-18-46-30/h5-12,19-20H,4,13-18,21-22H2,1-3H3. The number of hydrogen-bond donors (Lipinski definition) is 0. The number of carbonyl (C=O) groups is 1. The lowest BCUT2D eigenvalue weighted by Crippen LogP contribution is -2.46. The second-order valence-electron chi connectivity index (χ2n) is 12.3. The molecule has 6 rings (SSSR count). The number of thiazole rings is 1. The summed E-state index contributed by atoms with van der Waals surface area (Å²) >= 11 is 2.52. The minimum Gasteiger partial charge on any atom is -0.493 e. The maximum absolute atomic E-state index is 15.2. The van der Waals surface area contributed by atoms with E-state index in [-0.39, 0.29) is 24.9 Å². The van der Waals surface area contributed by atoms with E-state index in [2.05, 4.69) is 21.9 Å². The van der Waals surface area contributed by atoms with Crippen LogP contribution in [-0.2, 0) is 35.3 Å². The normalized spacial score (nSPS) is 15.2. The molecule has 2 aliphatic rings. The summed E-state index contributed by atoms with van der Waals surface area (Å²) in [7, 11) is 0. The third-order valence-corrected chi connectivity index (χ3v) is 10.7. The quantitative estimate of drug-likeness (QED) is 0.0875. The first-order valence-corrected chi connectivity index (χ1v) is 17.7. The summed E-state index contributed by atoms with van der Waals surface area (Å²) < 4.78 is 70.7. The fourth-order valence-corrected chi connectivity index (χ4v) is 7.76. The van der Waals surface area contributed by atoms with Crippen molar-refractivity contribution < 1.29 is 36.6 Å². The second-order valence-corrected chi connectivity index (χ2v) is 15.1. The Morgan fingerprint density at radius 1 is 1.02 bits per heavy atom. The zero-order chi connectivity index (χ0) is 34.8. The minimum atomic E-state index is -4.44. The average molecular weight is 716 g/mol. The van der Waals surface area contributed by atoms with Gasteiger partial charge < -0.3 is 19.1 Å². The first-order valence-electron chi connectivity index (χ1n) is 16.1. The van der Waals surface area contributed by atoms with E-state index in [0.29, 0.717) is 28.6 Å². The van der Waals surface area contributed by atoms with Crippen LogP contribution in [0.4, 0.5) is 23.2 Å². The van der Waals surface area contributed by atoms with E-state index in [1.54, 1.807) is 26.8 Å². The number of ether oxygens (including phenoxy) is 3. The molecule has 7 nitrogen and oxygen atoms in total. The molecule has 0 aliphatic carbocycles. The van der Waals surface area contributed by atoms with Crippen molar-refractivity contribution in [2.24, 2.45) is 0 Å². The Morgan fingerprint density at radius 2 is 1.78 bits per heavy atom. The lowest BCUT2D eigenvalue weighted by atomic mass is 10.1. The molecular formula is C36H37F4N3O4S2. The van der Waals surface area contributed by atoms with Gasteiger partial charge in [0.2, 0.25) is 0 Å². The summed E-state index contributed by atoms with van der Waals surface area (Å²) in [6.07, 6.45) is -3.52. The van der Waals surface area contributed by atoms with Crippen LogP contribution >= 0.6 is 23.1 Å². The monoisotopic (exact) mass is 715 g/mol. The summed E-state index contributed by atoms with van der Waals surface area (Å²) in [6, 6.07) is 15.8. The van der Waals surface area contributed by atoms with Crippen LogP contribution in [0, 0.1) is 5.82 Å². The largest absolute Gasteiger partial charge is 0.493 e. The van der Waals surface area contributed by atoms with Crippen molar-refractivity contribution in [2.75, 3.05) is 44.3 Å². The summed E-state index contributed by atoms with van der Waals surface area (Å²) in [5.41, 5.74) is 2.98. The van der Waals surface area contributed by atoms with Gasteiger partial charge in [-0.2, -0.15) is 13.2 Å². The van der Waals surface area contributed by atoms with E-state index in [1.165, 1.54) is 58.6 Å². The summed E-state index contributed by atoms with van der Waals surface area (Å²) in [4.78, 5) is 23.1. The molecular weight excluding hydrogens is 679 g/mol. The van der Waals surface area contributed by atoms with Crippen molar-refractivity contribution in [2.45, 2.75) is 56.2 Å². The van der Waals surface area contributed by atoms with Gasteiger partial charge in [0.1, 0.15) is 22.1 Å². The van der Waals surface area contributed by atoms with Crippen molar-refractivity contribution in [1.82, 2.24) is 9.88 Å². The number of alkyl halides is 3. The Hall–Kier alpha value is -3.81. The fraction of sp³-hybridized carbons (Fsp3) is 0.389. The first kappa shape index (κ1) is 35.0. The Morgan fingerprint density at radius 3 is 2.47 bits per heavy atom. The smallest absolute Gasteiger partial charge is 0.416 e. The molecule has 0 amide bonds. The Kier molecular flexibility index (Phi) is 10.4. The molecule has 0 N–H and O–H groups in total. The van der Waals surface area contributed by atoms with Gasteiger partial charge in [-0.25, -0.2) is 9.37 Å². The molecule has 2 aliphatic heterocycles. The highest BCUT2D eigenvalue weighted by atomic mass is 32.2. The van der Waals surface area contributed by atoms with Gasteiger partial charge in [0, 0.05) is 55.3 Å². The van der Waals surface area contributed by atoms with Gasteiger partial charge in [0.25, 0.3) is 0 Å². The van der Waals surface area contributed by atoms with Crippen LogP contribution in [0.15, 0.2) is 65.6 Å². The van der Waals surface area contributed by atoms with Crippen molar-refractivity contribution in [3.05, 3.63) is 88.2 Å². The van der Waals surface area contributed by atoms with Gasteiger partial charge in [-0.15, -0.1) is 23.1 Å². The van der Waals surface area contributed by atoms with Gasteiger partial charge >= 0.3 is 12.1 Å². The molecule has 3 heterocycles. The van der Waals surface area contributed by atoms with E-state index in [1.807, 2.05) is 6.07 Å². The number of thioether (sulfide) groups is 1. The van der Waals surface area contributed by atoms with Crippen molar-refractivity contribution in [3.8, 4) is 22.1 Å². The highest BCUT2D eigenvalue weighted by Gasteiger charge is 2.32. The number of hydrogen-bond acceptors (Lipinski definition) is 9. The fourth-order valence-electron chi connectivity index (χ4n) is 5.74. The highest BCUT2D eigenvalue weighted by molar-refractivity contribution is 8.01. The van der Waals surface area contributed by atoms with Crippen molar-refractivity contribution in [1.29, 1.82) is 0 Å². The molecule has 13 heteroatoms. The molecule has 3 aromatic carbocycles. The average Bonchev–Trinajstić information content (AvgIpc) is 3.71. The zero-order valence-electron chi connectivity index (χ0n) is 27.4. The van der Waals surface area contributed by atoms with E-state index in [9.17, 15) is 18.0 Å². The number of esters is 1. The number of piperazine rings is 1. The van der Waals surface area contributed by atoms with Gasteiger partial charge in [-0.3, -0.25) is 9.69 Å². The van der Waals surface area contributed by atoms with Crippen LogP contribution < -0.4 is 14.4 Å². The van der Waals surface area contributed by atoms with Gasteiger partial charge in [-0.1, -0.05) is 12.1 Å². The molecule has 0 atom stereocenters. The molecule has 260 valence electrons. The summed E-state index contributed by atoms with van der Waals surface area (Å²) in [5.74, 6) is 0.0363. The third-order valence-electron chi connectivity index (χ3n) is 8.42. The molecule has 4 aromatic rings. The number of aromatic nitrogens is 1. The molecule has 0 radical (unpaired) electrons. The molecule has 0 bridgehead atoms. The van der Waals surface area contributed by atoms with Crippen LogP contribution in [-0.4, -0.2) is 60.0 Å². The van der Waals surface area contributed by atoms with Gasteiger partial charge in [0.05, 0.1) is 29.3 Å². The van der Waals surface area contributed by atoms with Crippen LogP contribution in [0.2, 0.25) is 0 Å². The number of fused-ring (bicyclic) bond motifs is 1. The SMILES string of the molecule is CCOC(=O)C(C)(C)Sc1ccc(OCc2sc(-c3ccc(C(F)(F)F)cc3)nc2CN2CCN(c3ccc4c(c3)CCO4)CC2)c(F)c1. The van der Waals surface area contributed by atoms with Crippen LogP contribution in [0.1, 0.15) is 42.5 Å². The number of nitrogens with zero attached hydrogens (tertiary/aromatic N) is 3. The molecule has 1 fully saturated rings. The van der Waals surface area contributed by atoms with Gasteiger partial charge in [-0.05, 0) is 74.9 Å². The predicted octanol–water partition coefficient (Wildman–Crippen LogP) is 8.24. The number of benzene rings is 3. The van der Waals surface area contributed by atoms with Crippen LogP contribution in [0.5, 0.6) is 11.5 Å². The molecule has 1 aromatic heterocycles. The Labute approximate surface area is 291 Å². The van der Waals surface area contributed by atoms with Crippen molar-refractivity contribution in [3.63, 3.8) is 0 Å². The molecule has 0 saturated carbocycles. The van der Waals surface area contributed by atoms with Crippen LogP contribution in [0.25, 0.3) is 10.6 Å². The van der Waals surface area contributed by atoms with E-state index < -0.39 is 22.3 Å². The molecule has 49 heavy (non-hydrogen) atoms. The summed E-state index contributed by atoms with van der Waals surface area (Å²) in [5, 5.41) is 0.565. The lowest BCUT2D eigenvalue weighted by molar-refractivity contribution is -0.145. The number of anilines is 1. The van der Waals surface area contributed by atoms with E-state index in [0.717, 1.165) is 61.1 Å². The lowest BCUT2D eigenvalue weighted by Gasteiger charge is -2.36. The predicted molar refractivity (Wildman–Crippen MR) is 183 cm³/mol. The first-order chi connectivity index (χ1) is 23.4. The third kappa shape index (κ3) is 8.33. The Bertz CT molecular complexity index is 1790. The number of rotatable bonds is 11. The highest BCUT2D eigenvalue weighted by Crippen LogP contribution is 2.37. The van der Waals surface area contributed by atoms with Crippen LogP contribution in [0.3, 0.4) is 0 Å². The molecule has 0 spiro atoms. The maximum atomic E-state index is 15.2. The van der Waals surface area contributed by atoms with E-state index in [4.69, 9.17) is 19.2 Å². The molecule has 0 unspecified atom stereocenters. The summed E-state index contributed by atoms with van der Waals surface area (Å²) in [6.45, 7) is 9.92. The minimum absolute atomic E-state index is 0.0303. The topological polar surface area (TPSA) is 64.1 Å². The maximum Gasteiger partial charge on any atom is 0.416 e. The second kappa shape index (κ2) is 14.6. The number of halogens is 4. The number of carbonyl (C=O) groups excluding carboxylic acids is 1. The van der Waals surface area contributed by atoms with E-state index >= 15 is 4.39 Å². The molecule has 1 saturated heterocycles. The van der Waals surface area contributed by atoms with Gasteiger partial charge in [0.15, 0.2) is 11.6 Å². The zero-order valence-corrected chi connectivity index (χ0v) is 29.1.